The van der Waals surface area contributed by atoms with Crippen molar-refractivity contribution in [2.24, 2.45) is 0 Å². The largest absolute Gasteiger partial charge is 0.482 e. The number of fused-ring (bicyclic) bond motifs is 5. The number of rotatable bonds is 1. The molecule has 0 amide bonds. The van der Waals surface area contributed by atoms with E-state index in [0.29, 0.717) is 0 Å². The number of hydrogen-bond donors (Lipinski definition) is 0. The molecule has 0 radical (unpaired) electrons. The van der Waals surface area contributed by atoms with Crippen LogP contribution < -0.4 is 21.1 Å². The summed E-state index contributed by atoms with van der Waals surface area (Å²) in [4.78, 5) is 0. The van der Waals surface area contributed by atoms with E-state index in [4.69, 9.17) is 4.74 Å². The predicted octanol–water partition coefficient (Wildman–Crippen LogP) is 3.72. The minimum Gasteiger partial charge on any atom is -0.482 e. The molecule has 0 saturated carbocycles. The van der Waals surface area contributed by atoms with Gasteiger partial charge in [-0.25, -0.2) is 0 Å². The van der Waals surface area contributed by atoms with Crippen LogP contribution in [0.15, 0.2) is 90.5 Å². The van der Waals surface area contributed by atoms with Crippen LogP contribution in [0.1, 0.15) is 19.4 Å². The van der Waals surface area contributed by atoms with Crippen molar-refractivity contribution in [3.8, 4) is 16.9 Å². The maximum atomic E-state index is 6.61. The molecule has 3 aromatic carbocycles. The molecule has 2 heteroatoms. The van der Waals surface area contributed by atoms with E-state index >= 15 is 0 Å². The average molecular weight is 360 g/mol. The Morgan fingerprint density at radius 1 is 0.786 bits per heavy atom. The average Bonchev–Trinajstić information content (AvgIpc) is 3.31. The molecule has 1 nitrogen and oxygen atoms in total. The topological polar surface area (TPSA) is 9.23 Å². The summed E-state index contributed by atoms with van der Waals surface area (Å²) in [5.74, 6) is 1.07. The number of benzene rings is 3. The van der Waals surface area contributed by atoms with Crippen molar-refractivity contribution in [2.45, 2.75) is 25.4 Å². The molecule has 0 fully saturated rings. The van der Waals surface area contributed by atoms with E-state index in [0.717, 1.165) is 5.75 Å². The van der Waals surface area contributed by atoms with Crippen LogP contribution in [-0.4, -0.2) is 12.8 Å². The molecule has 0 bridgehead atoms. The first-order chi connectivity index (χ1) is 13.7. The van der Waals surface area contributed by atoms with Crippen molar-refractivity contribution in [1.29, 1.82) is 0 Å². The fourth-order valence-corrected chi connectivity index (χ4v) is 5.30. The van der Waals surface area contributed by atoms with E-state index in [1.807, 2.05) is 0 Å². The minimum absolute atomic E-state index is 0.0323. The summed E-state index contributed by atoms with van der Waals surface area (Å²) in [5, 5.41) is 0. The summed E-state index contributed by atoms with van der Waals surface area (Å²) in [6.45, 7) is 4.86. The fraction of sp³-hybridized carbons (Fsp3) is 0.154. The van der Waals surface area contributed by atoms with Gasteiger partial charge in [0.1, 0.15) is 11.9 Å². The van der Waals surface area contributed by atoms with Crippen LogP contribution in [0.4, 0.5) is 0 Å². The Hall–Kier alpha value is -3.00. The molecule has 0 spiro atoms. The van der Waals surface area contributed by atoms with Crippen LogP contribution in [0.3, 0.4) is 0 Å². The van der Waals surface area contributed by atoms with Gasteiger partial charge in [-0.2, -0.15) is 0 Å². The molecule has 3 aromatic rings. The Morgan fingerprint density at radius 2 is 1.43 bits per heavy atom. The Kier molecular flexibility index (Phi) is 3.15. The third kappa shape index (κ3) is 1.98. The molecular formula is C26H21BO. The standard InChI is InChI=1S/C26H21BO/c1-26(2)19-11-8-16-24(19)28-25-20(26)12-7-15-23(25)27-21-13-5-3-9-17(21)18-10-4-6-14-22(18)27/h3-16,24H,1-2H3. The van der Waals surface area contributed by atoms with Crippen LogP contribution in [-0.2, 0) is 5.41 Å². The van der Waals surface area contributed by atoms with Crippen molar-refractivity contribution in [1.82, 2.24) is 0 Å². The zero-order valence-corrected chi connectivity index (χ0v) is 16.1. The third-order valence-corrected chi connectivity index (χ3v) is 6.70. The maximum absolute atomic E-state index is 6.61. The lowest BCUT2D eigenvalue weighted by molar-refractivity contribution is 0.241. The summed E-state index contributed by atoms with van der Waals surface area (Å²) in [6.07, 6.45) is 6.58. The second kappa shape index (κ2) is 5.51. The van der Waals surface area contributed by atoms with Crippen molar-refractivity contribution in [3.05, 3.63) is 96.1 Å². The van der Waals surface area contributed by atoms with Gasteiger partial charge < -0.3 is 4.74 Å². The van der Waals surface area contributed by atoms with Crippen LogP contribution in [0, 0.1) is 0 Å². The summed E-state index contributed by atoms with van der Waals surface area (Å²) in [6, 6.07) is 24.3. The van der Waals surface area contributed by atoms with Gasteiger partial charge >= 0.3 is 0 Å². The van der Waals surface area contributed by atoms with Crippen LogP contribution in [0.2, 0.25) is 0 Å². The van der Waals surface area contributed by atoms with Gasteiger partial charge in [0.05, 0.1) is 0 Å². The highest BCUT2D eigenvalue weighted by Crippen LogP contribution is 2.45. The predicted molar refractivity (Wildman–Crippen MR) is 118 cm³/mol. The summed E-state index contributed by atoms with van der Waals surface area (Å²) in [5.41, 5.74) is 9.33. The molecule has 6 rings (SSSR count). The van der Waals surface area contributed by atoms with Gasteiger partial charge in [-0.3, -0.25) is 0 Å². The molecule has 0 N–H and O–H groups in total. The first kappa shape index (κ1) is 16.0. The SMILES string of the molecule is CC1(C)C2=CC=CC2Oc2c(B3c4ccccc4-c4ccccc43)cccc21. The molecule has 28 heavy (non-hydrogen) atoms. The number of para-hydroxylation sites is 1. The van der Waals surface area contributed by atoms with Gasteiger partial charge in [0, 0.05) is 11.0 Å². The van der Waals surface area contributed by atoms with E-state index < -0.39 is 0 Å². The van der Waals surface area contributed by atoms with Crippen molar-refractivity contribution >= 4 is 23.1 Å². The highest BCUT2D eigenvalue weighted by atomic mass is 16.5. The fourth-order valence-electron chi connectivity index (χ4n) is 5.30. The molecule has 1 unspecified atom stereocenters. The molecule has 1 aliphatic carbocycles. The minimum atomic E-state index is -0.0323. The van der Waals surface area contributed by atoms with Crippen molar-refractivity contribution in [3.63, 3.8) is 0 Å². The van der Waals surface area contributed by atoms with Gasteiger partial charge in [-0.05, 0) is 28.2 Å². The second-order valence-electron chi connectivity index (χ2n) is 8.50. The molecular weight excluding hydrogens is 339 g/mol. The van der Waals surface area contributed by atoms with Gasteiger partial charge in [0.2, 0.25) is 6.71 Å². The molecule has 2 aliphatic heterocycles. The molecule has 0 saturated heterocycles. The number of ether oxygens (including phenoxy) is 1. The van der Waals surface area contributed by atoms with Gasteiger partial charge in [-0.15, -0.1) is 0 Å². The lowest BCUT2D eigenvalue weighted by atomic mass is 9.38. The first-order valence-corrected chi connectivity index (χ1v) is 10.0. The smallest absolute Gasteiger partial charge is 0.247 e. The maximum Gasteiger partial charge on any atom is 0.247 e. The summed E-state index contributed by atoms with van der Waals surface area (Å²) < 4.78 is 6.61. The number of hydrogen-bond acceptors (Lipinski definition) is 1. The Balaban J connectivity index is 1.62. The van der Waals surface area contributed by atoms with E-state index in [-0.39, 0.29) is 18.2 Å². The number of allylic oxidation sites excluding steroid dienone is 2. The molecule has 1 atom stereocenters. The van der Waals surface area contributed by atoms with Crippen LogP contribution >= 0.6 is 0 Å². The van der Waals surface area contributed by atoms with Crippen molar-refractivity contribution < 1.29 is 4.74 Å². The second-order valence-corrected chi connectivity index (χ2v) is 8.50. The van der Waals surface area contributed by atoms with Crippen LogP contribution in [0.25, 0.3) is 11.1 Å². The Labute approximate surface area is 166 Å². The van der Waals surface area contributed by atoms with E-state index in [1.165, 1.54) is 38.7 Å². The third-order valence-electron chi connectivity index (χ3n) is 6.70. The molecule has 2 heterocycles. The van der Waals surface area contributed by atoms with Gasteiger partial charge in [0.25, 0.3) is 0 Å². The zero-order chi connectivity index (χ0) is 18.9. The normalized spacial score (nSPS) is 20.0. The van der Waals surface area contributed by atoms with E-state index in [2.05, 4.69) is 98.8 Å². The van der Waals surface area contributed by atoms with Gasteiger partial charge in [0.15, 0.2) is 0 Å². The summed E-state index contributed by atoms with van der Waals surface area (Å²) in [7, 11) is 0. The van der Waals surface area contributed by atoms with E-state index in [1.54, 1.807) is 0 Å². The monoisotopic (exact) mass is 360 g/mol. The van der Waals surface area contributed by atoms with Crippen LogP contribution in [0.5, 0.6) is 5.75 Å². The van der Waals surface area contributed by atoms with Crippen molar-refractivity contribution in [2.75, 3.05) is 0 Å². The van der Waals surface area contributed by atoms with Gasteiger partial charge in [-0.1, -0.05) is 104 Å². The molecule has 3 aliphatic rings. The molecule has 134 valence electrons. The highest BCUT2D eigenvalue weighted by molar-refractivity contribution is 6.99. The van der Waals surface area contributed by atoms with E-state index in [9.17, 15) is 0 Å². The Bertz CT molecular complexity index is 1140. The quantitative estimate of drug-likeness (QED) is 0.470. The lowest BCUT2D eigenvalue weighted by Crippen LogP contribution is -2.51. The first-order valence-electron chi connectivity index (χ1n) is 10.0. The zero-order valence-electron chi connectivity index (χ0n) is 16.1. The lowest BCUT2D eigenvalue weighted by Gasteiger charge is -2.39. The highest BCUT2D eigenvalue weighted by Gasteiger charge is 2.43. The summed E-state index contributed by atoms with van der Waals surface area (Å²) >= 11 is 0. The Morgan fingerprint density at radius 3 is 2.14 bits per heavy atom. The molecule has 0 aromatic heterocycles.